The third kappa shape index (κ3) is 65.3. The monoisotopic (exact) mass is 303 g/mol. The van der Waals surface area contributed by atoms with Crippen LogP contribution in [0.5, 0.6) is 0 Å². The van der Waals surface area contributed by atoms with Crippen molar-refractivity contribution in [1.29, 1.82) is 0 Å². The predicted octanol–water partition coefficient (Wildman–Crippen LogP) is -1.41. The minimum Gasteiger partial charge on any atom is -0.550 e. The van der Waals surface area contributed by atoms with Gasteiger partial charge in [0.2, 0.25) is 0 Å². The standard InChI is InChI=1S/C5H5N.2C2H4O2.Pd/c1-2-4-6-5-3-1;2*1-2(3)4;/h1-5H;2*1H3,(H,3,4);/q;;;+2/p-2. The Kier molecular flexibility index (Phi) is 19.6. The van der Waals surface area contributed by atoms with Gasteiger partial charge in [0.25, 0.3) is 0 Å². The van der Waals surface area contributed by atoms with E-state index in [4.69, 9.17) is 19.8 Å². The van der Waals surface area contributed by atoms with Crippen LogP contribution in [0.15, 0.2) is 30.6 Å². The molecule has 0 fully saturated rings. The molecule has 1 aromatic rings. The van der Waals surface area contributed by atoms with Gasteiger partial charge in [-0.3, -0.25) is 4.98 Å². The third-order valence-corrected chi connectivity index (χ3v) is 0.566. The Morgan fingerprint density at radius 1 is 0.933 bits per heavy atom. The molecule has 0 bridgehead atoms. The van der Waals surface area contributed by atoms with Gasteiger partial charge in [-0.2, -0.15) is 0 Å². The number of pyridine rings is 1. The van der Waals surface area contributed by atoms with Crippen LogP contribution in [0.4, 0.5) is 0 Å². The normalized spacial score (nSPS) is 6.53. The van der Waals surface area contributed by atoms with Crippen molar-refractivity contribution in [1.82, 2.24) is 4.98 Å². The largest absolute Gasteiger partial charge is 2.00 e. The van der Waals surface area contributed by atoms with Gasteiger partial charge in [-0.1, -0.05) is 6.07 Å². The summed E-state index contributed by atoms with van der Waals surface area (Å²) in [6, 6.07) is 5.72. The molecule has 15 heavy (non-hydrogen) atoms. The molecule has 0 N–H and O–H groups in total. The molecule has 0 amide bonds. The molecule has 0 atom stereocenters. The van der Waals surface area contributed by atoms with E-state index >= 15 is 0 Å². The van der Waals surface area contributed by atoms with Crippen molar-refractivity contribution in [3.63, 3.8) is 0 Å². The van der Waals surface area contributed by atoms with Crippen LogP contribution in [0.2, 0.25) is 0 Å². The average Bonchev–Trinajstić information content (AvgIpc) is 2.05. The summed E-state index contributed by atoms with van der Waals surface area (Å²) in [4.78, 5) is 21.6. The minimum absolute atomic E-state index is 0. The molecule has 0 aliphatic carbocycles. The number of hydrogen-bond acceptors (Lipinski definition) is 5. The van der Waals surface area contributed by atoms with Gasteiger partial charge in [0.1, 0.15) is 0 Å². The summed E-state index contributed by atoms with van der Waals surface area (Å²) in [7, 11) is 0. The average molecular weight is 304 g/mol. The van der Waals surface area contributed by atoms with E-state index in [0.717, 1.165) is 13.8 Å². The van der Waals surface area contributed by atoms with Gasteiger partial charge in [-0.05, 0) is 26.0 Å². The first-order chi connectivity index (χ1) is 6.46. The van der Waals surface area contributed by atoms with Crippen molar-refractivity contribution < 1.29 is 40.2 Å². The van der Waals surface area contributed by atoms with Crippen molar-refractivity contribution in [3.05, 3.63) is 30.6 Å². The van der Waals surface area contributed by atoms with E-state index < -0.39 is 11.9 Å². The Morgan fingerprint density at radius 3 is 1.27 bits per heavy atom. The molecule has 5 nitrogen and oxygen atoms in total. The molecule has 0 radical (unpaired) electrons. The molecule has 0 saturated carbocycles. The SMILES string of the molecule is CC(=O)[O-].CC(=O)[O-].[Pd+2].c1ccncc1. The van der Waals surface area contributed by atoms with Crippen LogP contribution < -0.4 is 10.2 Å². The van der Waals surface area contributed by atoms with E-state index in [2.05, 4.69) is 4.98 Å². The van der Waals surface area contributed by atoms with Crippen LogP contribution in [-0.4, -0.2) is 16.9 Å². The van der Waals surface area contributed by atoms with Gasteiger partial charge in [0, 0.05) is 24.3 Å². The number of hydrogen-bond donors (Lipinski definition) is 0. The van der Waals surface area contributed by atoms with Crippen LogP contribution in [0.1, 0.15) is 13.8 Å². The smallest absolute Gasteiger partial charge is 0.550 e. The predicted molar refractivity (Wildman–Crippen MR) is 45.6 cm³/mol. The van der Waals surface area contributed by atoms with Crippen molar-refractivity contribution in [2.75, 3.05) is 0 Å². The zero-order valence-electron chi connectivity index (χ0n) is 8.28. The van der Waals surface area contributed by atoms with E-state index in [1.54, 1.807) is 12.4 Å². The van der Waals surface area contributed by atoms with E-state index in [0.29, 0.717) is 0 Å². The van der Waals surface area contributed by atoms with Crippen LogP contribution in [0.3, 0.4) is 0 Å². The molecule has 6 heteroatoms. The molecule has 0 saturated heterocycles. The van der Waals surface area contributed by atoms with Crippen molar-refractivity contribution in [2.45, 2.75) is 13.8 Å². The zero-order valence-corrected chi connectivity index (χ0v) is 9.84. The second-order valence-electron chi connectivity index (χ2n) is 2.01. The minimum atomic E-state index is -1.08. The first kappa shape index (κ1) is 19.3. The summed E-state index contributed by atoms with van der Waals surface area (Å²) < 4.78 is 0. The topological polar surface area (TPSA) is 93.1 Å². The fraction of sp³-hybridized carbons (Fsp3) is 0.222. The Morgan fingerprint density at radius 2 is 1.20 bits per heavy atom. The number of carboxylic acids is 2. The van der Waals surface area contributed by atoms with Gasteiger partial charge >= 0.3 is 20.4 Å². The van der Waals surface area contributed by atoms with E-state index in [-0.39, 0.29) is 20.4 Å². The molecule has 1 aromatic heterocycles. The summed E-state index contributed by atoms with van der Waals surface area (Å²) in [5, 5.41) is 17.8. The van der Waals surface area contributed by atoms with Crippen LogP contribution in [-0.2, 0) is 30.0 Å². The molecular weight excluding hydrogens is 293 g/mol. The van der Waals surface area contributed by atoms with Gasteiger partial charge < -0.3 is 19.8 Å². The van der Waals surface area contributed by atoms with E-state index in [1.807, 2.05) is 18.2 Å². The Hall–Kier alpha value is -1.25. The van der Waals surface area contributed by atoms with Crippen molar-refractivity contribution in [2.24, 2.45) is 0 Å². The second kappa shape index (κ2) is 15.2. The number of carboxylic acid groups (broad SMARTS) is 2. The number of rotatable bonds is 0. The van der Waals surface area contributed by atoms with E-state index in [1.165, 1.54) is 0 Å². The molecule has 0 unspecified atom stereocenters. The molecule has 1 heterocycles. The maximum Gasteiger partial charge on any atom is 2.00 e. The molecule has 0 aliphatic rings. The zero-order chi connectivity index (χ0) is 11.4. The maximum atomic E-state index is 8.89. The fourth-order valence-electron chi connectivity index (χ4n) is 0.313. The first-order valence-corrected chi connectivity index (χ1v) is 3.67. The third-order valence-electron chi connectivity index (χ3n) is 0.566. The Balaban J connectivity index is -0.000000145. The quantitative estimate of drug-likeness (QED) is 0.549. The van der Waals surface area contributed by atoms with Crippen molar-refractivity contribution >= 4 is 11.9 Å². The summed E-state index contributed by atoms with van der Waals surface area (Å²) in [6.45, 7) is 1.94. The number of nitrogens with zero attached hydrogens (tertiary/aromatic N) is 1. The summed E-state index contributed by atoms with van der Waals surface area (Å²) in [5.74, 6) is -2.17. The van der Waals surface area contributed by atoms with Gasteiger partial charge in [0.05, 0.1) is 0 Å². The van der Waals surface area contributed by atoms with Gasteiger partial charge in [-0.25, -0.2) is 0 Å². The van der Waals surface area contributed by atoms with E-state index in [9.17, 15) is 0 Å². The molecule has 0 aliphatic heterocycles. The van der Waals surface area contributed by atoms with Gasteiger partial charge in [-0.15, -0.1) is 0 Å². The molecular formula is C9H11NO4Pd. The molecule has 0 spiro atoms. The number of carbonyl (C=O) groups excluding carboxylic acids is 2. The van der Waals surface area contributed by atoms with Crippen LogP contribution >= 0.6 is 0 Å². The molecule has 1 rings (SSSR count). The summed E-state index contributed by atoms with van der Waals surface area (Å²) in [5.41, 5.74) is 0. The Bertz CT molecular complexity index is 207. The van der Waals surface area contributed by atoms with Gasteiger partial charge in [0.15, 0.2) is 0 Å². The van der Waals surface area contributed by atoms with Crippen molar-refractivity contribution in [3.8, 4) is 0 Å². The second-order valence-corrected chi connectivity index (χ2v) is 2.01. The number of aromatic nitrogens is 1. The summed E-state index contributed by atoms with van der Waals surface area (Å²) in [6.07, 6.45) is 3.50. The summed E-state index contributed by atoms with van der Waals surface area (Å²) >= 11 is 0. The number of aliphatic carboxylic acids is 2. The number of carbonyl (C=O) groups is 2. The Labute approximate surface area is 102 Å². The maximum absolute atomic E-state index is 8.89. The molecule has 86 valence electrons. The fourth-order valence-corrected chi connectivity index (χ4v) is 0.313. The van der Waals surface area contributed by atoms with Crippen LogP contribution in [0.25, 0.3) is 0 Å². The molecule has 0 aromatic carbocycles. The van der Waals surface area contributed by atoms with Crippen LogP contribution in [0, 0.1) is 0 Å². The first-order valence-electron chi connectivity index (χ1n) is 3.67.